The third-order valence-corrected chi connectivity index (χ3v) is 12.0. The van der Waals surface area contributed by atoms with Gasteiger partial charge in [0.25, 0.3) is 0 Å². The van der Waals surface area contributed by atoms with Crippen molar-refractivity contribution in [2.45, 2.75) is 96.0 Å². The van der Waals surface area contributed by atoms with E-state index >= 15 is 0 Å². The maximum atomic E-state index is 13.1. The summed E-state index contributed by atoms with van der Waals surface area (Å²) < 4.78 is 36.8. The monoisotopic (exact) mass is 459 g/mol. The van der Waals surface area contributed by atoms with Gasteiger partial charge in [0.1, 0.15) is 4.90 Å². The van der Waals surface area contributed by atoms with E-state index in [1.165, 1.54) is 25.7 Å². The molecule has 0 aromatic heterocycles. The van der Waals surface area contributed by atoms with Crippen LogP contribution in [0.5, 0.6) is 0 Å². The molecule has 1 saturated heterocycles. The molecular weight excluding hydrogens is 416 g/mol. The molecule has 0 amide bonds. The van der Waals surface area contributed by atoms with Crippen LogP contribution in [-0.4, -0.2) is 42.0 Å². The van der Waals surface area contributed by atoms with Crippen LogP contribution in [0.3, 0.4) is 0 Å². The molecule has 174 valence electrons. The van der Waals surface area contributed by atoms with Crippen LogP contribution in [0, 0.1) is 6.92 Å². The van der Waals surface area contributed by atoms with Crippen molar-refractivity contribution < 1.29 is 16.8 Å². The molecule has 0 radical (unpaired) electrons. The van der Waals surface area contributed by atoms with Crippen molar-refractivity contribution in [3.05, 3.63) is 29.8 Å². The van der Waals surface area contributed by atoms with Crippen LogP contribution in [0.25, 0.3) is 0 Å². The SMILES string of the molecule is CCCCS(CCC)(CCCCCC1CCCCO1)[OH+]S(=O)(=O)c1ccc(C)cc1. The highest BCUT2D eigenvalue weighted by Crippen LogP contribution is 2.51. The van der Waals surface area contributed by atoms with E-state index < -0.39 is 20.4 Å². The molecule has 1 aliphatic rings. The van der Waals surface area contributed by atoms with Crippen molar-refractivity contribution >= 4 is 20.4 Å². The molecule has 2 rings (SSSR count). The molecule has 1 fully saturated rings. The van der Waals surface area contributed by atoms with Crippen LogP contribution in [0.2, 0.25) is 0 Å². The highest BCUT2D eigenvalue weighted by molar-refractivity contribution is 8.32. The fraction of sp³-hybridized carbons (Fsp3) is 0.750. The minimum Gasteiger partial charge on any atom is -0.378 e. The molecule has 1 aliphatic heterocycles. The molecular formula is C24H43O4S2+. The van der Waals surface area contributed by atoms with Crippen LogP contribution < -0.4 is 0 Å². The lowest BCUT2D eigenvalue weighted by atomic mass is 10.0. The molecule has 1 aromatic rings. The molecule has 0 aliphatic carbocycles. The minimum atomic E-state index is -3.61. The highest BCUT2D eigenvalue weighted by atomic mass is 32.3. The van der Waals surface area contributed by atoms with E-state index in [0.717, 1.165) is 68.0 Å². The predicted octanol–water partition coefficient (Wildman–Crippen LogP) is 6.84. The minimum absolute atomic E-state index is 0.340. The number of hydrogen-bond donors (Lipinski definition) is 0. The third-order valence-electron chi connectivity index (χ3n) is 5.86. The van der Waals surface area contributed by atoms with Gasteiger partial charge in [0, 0.05) is 23.9 Å². The highest BCUT2D eigenvalue weighted by Gasteiger charge is 2.36. The Bertz CT molecular complexity index is 696. The topological polar surface area (TPSA) is 56.2 Å². The molecule has 30 heavy (non-hydrogen) atoms. The standard InChI is InChI=1S/C24H42O4S2/c1-4-6-20-29(19-5-2,21-11-7-8-12-23-13-9-10-18-27-23)28-30(25,26)24-16-14-22(3)15-17-24/h14-17,23H,4-13,18-21H2,1-3H3/p+1. The number of unbranched alkanes of at least 4 members (excludes halogenated alkanes) is 3. The molecule has 0 spiro atoms. The Kier molecular flexibility index (Phi) is 11.2. The molecule has 0 saturated carbocycles. The Hall–Kier alpha value is -0.560. The van der Waals surface area contributed by atoms with Crippen molar-refractivity contribution in [2.24, 2.45) is 0 Å². The van der Waals surface area contributed by atoms with Gasteiger partial charge in [-0.2, -0.15) is 0 Å². The van der Waals surface area contributed by atoms with Gasteiger partial charge < -0.3 is 4.74 Å². The van der Waals surface area contributed by atoms with E-state index in [1.807, 2.05) is 19.1 Å². The molecule has 0 bridgehead atoms. The number of benzene rings is 1. The molecule has 2 unspecified atom stereocenters. The van der Waals surface area contributed by atoms with Gasteiger partial charge in [-0.25, -0.2) is 0 Å². The number of rotatable bonds is 14. The average Bonchev–Trinajstić information content (AvgIpc) is 2.73. The Morgan fingerprint density at radius 2 is 1.67 bits per heavy atom. The summed E-state index contributed by atoms with van der Waals surface area (Å²) in [6.45, 7) is 7.22. The molecule has 2 atom stereocenters. The number of hydrogen-bond acceptors (Lipinski definition) is 3. The second-order valence-electron chi connectivity index (χ2n) is 8.67. The fourth-order valence-electron chi connectivity index (χ4n) is 4.13. The van der Waals surface area contributed by atoms with Crippen molar-refractivity contribution in [2.75, 3.05) is 23.9 Å². The smallest absolute Gasteiger partial charge is 0.378 e. The van der Waals surface area contributed by atoms with E-state index in [2.05, 4.69) is 17.5 Å². The second kappa shape index (κ2) is 13.1. The van der Waals surface area contributed by atoms with Gasteiger partial charge in [-0.1, -0.05) is 50.8 Å². The van der Waals surface area contributed by atoms with E-state index in [1.54, 1.807) is 12.1 Å². The van der Waals surface area contributed by atoms with Gasteiger partial charge in [-0.05, 0) is 74.3 Å². The normalized spacial score (nSPS) is 20.6. The zero-order valence-corrected chi connectivity index (χ0v) is 20.9. The van der Waals surface area contributed by atoms with Crippen LogP contribution in [0.4, 0.5) is 0 Å². The summed E-state index contributed by atoms with van der Waals surface area (Å²) in [5, 5.41) is 0. The Labute approximate surface area is 186 Å². The van der Waals surface area contributed by atoms with E-state index in [4.69, 9.17) is 4.74 Å². The Morgan fingerprint density at radius 1 is 0.933 bits per heavy atom. The summed E-state index contributed by atoms with van der Waals surface area (Å²) in [5.74, 6) is 2.80. The van der Waals surface area contributed by atoms with Crippen LogP contribution in [0.15, 0.2) is 29.2 Å². The van der Waals surface area contributed by atoms with Crippen LogP contribution in [0.1, 0.15) is 83.6 Å². The lowest BCUT2D eigenvalue weighted by Crippen LogP contribution is -2.25. The Morgan fingerprint density at radius 3 is 2.30 bits per heavy atom. The lowest BCUT2D eigenvalue weighted by Gasteiger charge is -2.34. The summed E-state index contributed by atoms with van der Waals surface area (Å²) in [6, 6.07) is 7.12. The summed E-state index contributed by atoms with van der Waals surface area (Å²) in [5.41, 5.74) is 1.06. The second-order valence-corrected chi connectivity index (χ2v) is 13.9. The Balaban J connectivity index is 1.99. The quantitative estimate of drug-likeness (QED) is 0.174. The average molecular weight is 460 g/mol. The first-order valence-corrected chi connectivity index (χ1v) is 15.4. The third kappa shape index (κ3) is 8.52. The van der Waals surface area contributed by atoms with Crippen molar-refractivity contribution in [3.8, 4) is 0 Å². The van der Waals surface area contributed by atoms with Crippen LogP contribution in [-0.2, 0) is 14.9 Å². The fourth-order valence-corrected chi connectivity index (χ4v) is 10.5. The van der Waals surface area contributed by atoms with E-state index in [-0.39, 0.29) is 0 Å². The van der Waals surface area contributed by atoms with Gasteiger partial charge in [0.15, 0.2) is 0 Å². The first-order valence-electron chi connectivity index (χ1n) is 11.8. The van der Waals surface area contributed by atoms with Gasteiger partial charge in [-0.3, -0.25) is 3.63 Å². The molecule has 1 N–H and O–H groups in total. The van der Waals surface area contributed by atoms with Gasteiger partial charge in [-0.15, -0.1) is 8.42 Å². The van der Waals surface area contributed by atoms with E-state index in [9.17, 15) is 8.42 Å². The van der Waals surface area contributed by atoms with Gasteiger partial charge in [0.2, 0.25) is 0 Å². The molecule has 1 heterocycles. The maximum absolute atomic E-state index is 13.1. The summed E-state index contributed by atoms with van der Waals surface area (Å²) in [6.07, 6.45) is 11.8. The van der Waals surface area contributed by atoms with Crippen molar-refractivity contribution in [3.63, 3.8) is 0 Å². The summed E-state index contributed by atoms with van der Waals surface area (Å²) in [7, 11) is -5.13. The molecule has 6 heteroatoms. The molecule has 4 nitrogen and oxygen atoms in total. The zero-order chi connectivity index (χ0) is 21.9. The van der Waals surface area contributed by atoms with Crippen molar-refractivity contribution in [1.29, 1.82) is 0 Å². The largest absolute Gasteiger partial charge is 0.421 e. The van der Waals surface area contributed by atoms with Crippen LogP contribution >= 0.6 is 10.3 Å². The number of aryl methyl sites for hydroxylation is 1. The maximum Gasteiger partial charge on any atom is 0.421 e. The molecule has 1 aromatic carbocycles. The van der Waals surface area contributed by atoms with Gasteiger partial charge in [0.05, 0.1) is 6.10 Å². The zero-order valence-electron chi connectivity index (χ0n) is 19.3. The first-order chi connectivity index (χ1) is 14.4. The summed E-state index contributed by atoms with van der Waals surface area (Å²) >= 11 is 0. The lowest BCUT2D eigenvalue weighted by molar-refractivity contribution is 0.00985. The predicted molar refractivity (Wildman–Crippen MR) is 130 cm³/mol. The van der Waals surface area contributed by atoms with E-state index in [0.29, 0.717) is 11.0 Å². The first kappa shape index (κ1) is 25.7. The van der Waals surface area contributed by atoms with Crippen molar-refractivity contribution in [1.82, 2.24) is 0 Å². The van der Waals surface area contributed by atoms with Gasteiger partial charge >= 0.3 is 10.1 Å². The number of ether oxygens (including phenoxy) is 1. The summed E-state index contributed by atoms with van der Waals surface area (Å²) in [4.78, 5) is 0.340.